The summed E-state index contributed by atoms with van der Waals surface area (Å²) in [4.78, 5) is 64.4. The normalized spacial score (nSPS) is 22.4. The Morgan fingerprint density at radius 3 is 2.42 bits per heavy atom. The highest BCUT2D eigenvalue weighted by atomic mass is 16.5. The van der Waals surface area contributed by atoms with Crippen molar-refractivity contribution in [3.63, 3.8) is 0 Å². The van der Waals surface area contributed by atoms with Crippen LogP contribution >= 0.6 is 0 Å². The van der Waals surface area contributed by atoms with E-state index in [0.29, 0.717) is 19.4 Å². The average Bonchev–Trinajstić information content (AvgIpc) is 3.22. The lowest BCUT2D eigenvalue weighted by Crippen LogP contribution is -2.54. The molecule has 2 fully saturated rings. The van der Waals surface area contributed by atoms with Crippen LogP contribution in [0.3, 0.4) is 0 Å². The summed E-state index contributed by atoms with van der Waals surface area (Å²) in [6.07, 6.45) is 2.75. The fourth-order valence-corrected chi connectivity index (χ4v) is 4.12. The Balaban J connectivity index is 2.13. The van der Waals surface area contributed by atoms with Crippen LogP contribution in [0.4, 0.5) is 4.79 Å². The molecule has 0 spiro atoms. The van der Waals surface area contributed by atoms with E-state index >= 15 is 0 Å². The fourth-order valence-electron chi connectivity index (χ4n) is 4.12. The molecule has 0 aliphatic carbocycles. The molecule has 2 aliphatic rings. The summed E-state index contributed by atoms with van der Waals surface area (Å²) in [6, 6.07) is -1.90. The summed E-state index contributed by atoms with van der Waals surface area (Å²) in [5.74, 6) is -2.01. The third kappa shape index (κ3) is 6.31. The first-order chi connectivity index (χ1) is 14.8. The molecule has 0 aromatic carbocycles. The van der Waals surface area contributed by atoms with Gasteiger partial charge >= 0.3 is 18.0 Å². The molecule has 2 aliphatic heterocycles. The highest BCUT2D eigenvalue weighted by Gasteiger charge is 2.42. The lowest BCUT2D eigenvalue weighted by Gasteiger charge is -2.31. The zero-order chi connectivity index (χ0) is 23.0. The number of amides is 3. The van der Waals surface area contributed by atoms with Gasteiger partial charge in [0, 0.05) is 19.0 Å². The van der Waals surface area contributed by atoms with Crippen LogP contribution in [0.25, 0.3) is 0 Å². The summed E-state index contributed by atoms with van der Waals surface area (Å²) >= 11 is 0. The van der Waals surface area contributed by atoms with Crippen LogP contribution < -0.4 is 5.32 Å². The van der Waals surface area contributed by atoms with Crippen molar-refractivity contribution < 1.29 is 38.2 Å². The van der Waals surface area contributed by atoms with Gasteiger partial charge in [-0.05, 0) is 38.5 Å². The molecular weight excluding hydrogens is 410 g/mol. The van der Waals surface area contributed by atoms with Gasteiger partial charge in [0.2, 0.25) is 11.8 Å². The number of rotatable bonds is 6. The predicted molar refractivity (Wildman–Crippen MR) is 107 cm³/mol. The summed E-state index contributed by atoms with van der Waals surface area (Å²) < 4.78 is 14.1. The van der Waals surface area contributed by atoms with Gasteiger partial charge in [0.15, 0.2) is 0 Å². The number of hydrogen-bond acceptors (Lipinski definition) is 8. The van der Waals surface area contributed by atoms with Crippen LogP contribution in [-0.4, -0.2) is 92.2 Å². The summed E-state index contributed by atoms with van der Waals surface area (Å²) in [7, 11) is 3.69. The molecule has 2 rings (SSSR count). The first-order valence-corrected chi connectivity index (χ1v) is 10.4. The van der Waals surface area contributed by atoms with Crippen LogP contribution in [0.15, 0.2) is 0 Å². The topological polar surface area (TPSA) is 132 Å². The minimum Gasteiger partial charge on any atom is -0.469 e. The van der Waals surface area contributed by atoms with Crippen molar-refractivity contribution in [3.05, 3.63) is 0 Å². The van der Waals surface area contributed by atoms with Crippen LogP contribution in [0.1, 0.15) is 44.9 Å². The molecule has 2 heterocycles. The number of esters is 2. The zero-order valence-electron chi connectivity index (χ0n) is 18.3. The lowest BCUT2D eigenvalue weighted by atomic mass is 10.1. The van der Waals surface area contributed by atoms with Crippen LogP contribution in [-0.2, 0) is 33.4 Å². The van der Waals surface area contributed by atoms with Gasteiger partial charge in [-0.3, -0.25) is 19.3 Å². The largest absolute Gasteiger partial charge is 0.469 e. The van der Waals surface area contributed by atoms with Gasteiger partial charge in [-0.1, -0.05) is 0 Å². The molecule has 11 heteroatoms. The van der Waals surface area contributed by atoms with E-state index < -0.39 is 36.0 Å². The third-order valence-electron chi connectivity index (χ3n) is 5.73. The fraction of sp³-hybridized carbons (Fsp3) is 0.750. The average molecular weight is 441 g/mol. The Labute approximate surface area is 181 Å². The van der Waals surface area contributed by atoms with Crippen molar-refractivity contribution in [1.29, 1.82) is 0 Å². The second-order valence-corrected chi connectivity index (χ2v) is 7.63. The molecule has 11 nitrogen and oxygen atoms in total. The first kappa shape index (κ1) is 24.4. The van der Waals surface area contributed by atoms with Crippen LogP contribution in [0.2, 0.25) is 0 Å². The van der Waals surface area contributed by atoms with Crippen molar-refractivity contribution in [2.45, 2.75) is 63.1 Å². The zero-order valence-corrected chi connectivity index (χ0v) is 18.3. The lowest BCUT2D eigenvalue weighted by molar-refractivity contribution is -0.147. The van der Waals surface area contributed by atoms with Gasteiger partial charge in [0.1, 0.15) is 18.6 Å². The number of nitrogens with zero attached hydrogens (tertiary/aromatic N) is 2. The number of fused-ring (bicyclic) bond motifs is 1. The van der Waals surface area contributed by atoms with Crippen molar-refractivity contribution in [2.24, 2.45) is 0 Å². The number of hydrogen-bond donors (Lipinski definition) is 1. The number of methoxy groups -OCH3 is 3. The minimum atomic E-state index is -1.03. The Bertz CT molecular complexity index is 698. The molecule has 2 saturated heterocycles. The van der Waals surface area contributed by atoms with Gasteiger partial charge < -0.3 is 24.4 Å². The first-order valence-electron chi connectivity index (χ1n) is 10.4. The molecule has 3 amide bonds. The van der Waals surface area contributed by atoms with E-state index in [2.05, 4.69) is 10.1 Å². The maximum Gasteiger partial charge on any atom is 0.409 e. The highest BCUT2D eigenvalue weighted by molar-refractivity contribution is 5.92. The van der Waals surface area contributed by atoms with Gasteiger partial charge in [-0.2, -0.15) is 0 Å². The molecule has 0 unspecified atom stereocenters. The molecule has 0 aromatic rings. The monoisotopic (exact) mass is 441 g/mol. The van der Waals surface area contributed by atoms with Crippen molar-refractivity contribution in [3.8, 4) is 0 Å². The van der Waals surface area contributed by atoms with Crippen molar-refractivity contribution >= 4 is 29.8 Å². The van der Waals surface area contributed by atoms with E-state index in [9.17, 15) is 24.0 Å². The van der Waals surface area contributed by atoms with Gasteiger partial charge in [-0.25, -0.2) is 9.59 Å². The molecule has 3 atom stereocenters. The van der Waals surface area contributed by atoms with Gasteiger partial charge in [0.25, 0.3) is 0 Å². The molecule has 31 heavy (non-hydrogen) atoms. The molecule has 0 radical (unpaired) electrons. The molecule has 0 bridgehead atoms. The Hall–Kier alpha value is -2.85. The Kier molecular flexibility index (Phi) is 9.07. The molecule has 174 valence electrons. The van der Waals surface area contributed by atoms with Crippen LogP contribution in [0, 0.1) is 0 Å². The van der Waals surface area contributed by atoms with E-state index in [1.54, 1.807) is 0 Å². The smallest absolute Gasteiger partial charge is 0.409 e. The van der Waals surface area contributed by atoms with E-state index in [0.717, 1.165) is 19.3 Å². The quantitative estimate of drug-likeness (QED) is 0.457. The molecular formula is C20H31N3O8. The van der Waals surface area contributed by atoms with Gasteiger partial charge in [0.05, 0.1) is 21.3 Å². The number of ether oxygens (including phenoxy) is 3. The van der Waals surface area contributed by atoms with E-state index in [1.807, 2.05) is 0 Å². The summed E-state index contributed by atoms with van der Waals surface area (Å²) in [6.45, 7) is 0.240. The minimum absolute atomic E-state index is 0.0191. The van der Waals surface area contributed by atoms with Crippen molar-refractivity contribution in [1.82, 2.24) is 15.1 Å². The number of nitrogens with one attached hydrogen (secondary N) is 1. The second kappa shape index (κ2) is 11.5. The maximum absolute atomic E-state index is 13.0. The molecule has 0 aromatic heterocycles. The number of carbonyl (C=O) groups is 5. The third-order valence-corrected chi connectivity index (χ3v) is 5.73. The number of carbonyl (C=O) groups excluding carboxylic acids is 5. The second-order valence-electron chi connectivity index (χ2n) is 7.63. The maximum atomic E-state index is 13.0. The van der Waals surface area contributed by atoms with Crippen LogP contribution in [0.5, 0.6) is 0 Å². The molecule has 1 N–H and O–H groups in total. The Morgan fingerprint density at radius 2 is 1.77 bits per heavy atom. The predicted octanol–water partition coefficient (Wildman–Crippen LogP) is 0.209. The highest BCUT2D eigenvalue weighted by Crippen LogP contribution is 2.29. The summed E-state index contributed by atoms with van der Waals surface area (Å²) in [5, 5.41) is 2.62. The molecule has 0 saturated carbocycles. The Morgan fingerprint density at radius 1 is 1.03 bits per heavy atom. The van der Waals surface area contributed by atoms with E-state index in [-0.39, 0.29) is 31.3 Å². The van der Waals surface area contributed by atoms with Crippen molar-refractivity contribution in [2.75, 3.05) is 34.4 Å². The van der Waals surface area contributed by atoms with E-state index in [1.165, 1.54) is 31.1 Å². The summed E-state index contributed by atoms with van der Waals surface area (Å²) in [5.41, 5.74) is 0. The van der Waals surface area contributed by atoms with Gasteiger partial charge in [-0.15, -0.1) is 0 Å². The standard InChI is InChI=1S/C20H31N3O8/c1-29-17(25)10-8-14(19(27)30-2)21-18(26)15-9-7-13-6-4-5-11-22(20(28)31-3)12-16(24)23(13)15/h13-15H,4-12H2,1-3H3,(H,21,26)/t13-,14+,15+/m1/s1. The van der Waals surface area contributed by atoms with E-state index in [4.69, 9.17) is 9.47 Å². The SMILES string of the molecule is COC(=O)CC[C@H](NC(=O)[C@@H]1CC[C@H]2CCCCN(C(=O)OC)CC(=O)N21)C(=O)OC.